The minimum atomic E-state index is -3.01. The summed E-state index contributed by atoms with van der Waals surface area (Å²) >= 11 is -3.01. The normalized spacial score (nSPS) is 11.1. The molecule has 0 saturated carbocycles. The van der Waals surface area contributed by atoms with E-state index in [-0.39, 0.29) is 0 Å². The number of ether oxygens (including phenoxy) is 1. The van der Waals surface area contributed by atoms with Crippen molar-refractivity contribution < 1.29 is 4.74 Å². The molecule has 3 rings (SSSR count). The van der Waals surface area contributed by atoms with Crippen molar-refractivity contribution in [2.45, 2.75) is 20.2 Å². The molecule has 0 heterocycles. The van der Waals surface area contributed by atoms with Gasteiger partial charge in [0.2, 0.25) is 0 Å². The molecule has 0 unspecified atom stereocenters. The first-order valence-electron chi connectivity index (χ1n) is 9.66. The van der Waals surface area contributed by atoms with Crippen molar-refractivity contribution in [1.29, 1.82) is 0 Å². The van der Waals surface area contributed by atoms with Crippen LogP contribution in [0.25, 0.3) is 0 Å². The van der Waals surface area contributed by atoms with E-state index in [1.54, 1.807) is 0 Å². The van der Waals surface area contributed by atoms with Crippen LogP contribution in [0.15, 0.2) is 101 Å². The first-order chi connectivity index (χ1) is 13.2. The molecule has 0 aromatic heterocycles. The fourth-order valence-corrected chi connectivity index (χ4v) is 16.5. The van der Waals surface area contributed by atoms with Crippen LogP contribution in [-0.2, 0) is 18.0 Å². The Morgan fingerprint density at radius 2 is 1.00 bits per heavy atom. The van der Waals surface area contributed by atoms with Gasteiger partial charge in [0.25, 0.3) is 0 Å². The number of hydrogen-bond donors (Lipinski definition) is 0. The molecule has 1 nitrogen and oxygen atoms in total. The van der Waals surface area contributed by atoms with Gasteiger partial charge in [-0.2, -0.15) is 0 Å². The third-order valence-corrected chi connectivity index (χ3v) is 18.1. The Labute approximate surface area is 167 Å². The molecule has 2 heteroatoms. The number of hydrogen-bond acceptors (Lipinski definition) is 1. The Balaban J connectivity index is 2.02. The van der Waals surface area contributed by atoms with Crippen LogP contribution in [-0.4, -0.2) is 25.0 Å². The zero-order valence-corrected chi connectivity index (χ0v) is 19.0. The van der Waals surface area contributed by atoms with E-state index in [1.807, 2.05) is 0 Å². The van der Waals surface area contributed by atoms with E-state index in [4.69, 9.17) is 4.74 Å². The third-order valence-electron chi connectivity index (χ3n) is 5.07. The monoisotopic (exact) mass is 464 g/mol. The Bertz CT molecular complexity index is 727. The zero-order chi connectivity index (χ0) is 19.0. The average molecular weight is 463 g/mol. The van der Waals surface area contributed by atoms with Crippen molar-refractivity contribution in [3.05, 3.63) is 118 Å². The summed E-state index contributed by atoms with van der Waals surface area (Å²) in [5.41, 5.74) is 4.21. The Morgan fingerprint density at radius 1 is 0.667 bits per heavy atom. The molecule has 0 spiro atoms. The van der Waals surface area contributed by atoms with Crippen LogP contribution in [0.4, 0.5) is 0 Å². The van der Waals surface area contributed by atoms with Gasteiger partial charge in [-0.3, -0.25) is 0 Å². The standard InChI is InChI=1S/3C7H7.C4H7O.Sn/c3*1-7-5-3-2-4-6-7;1-3-5-4-2;/h3*2-6H,1H2;1,4H2,2H3;. The summed E-state index contributed by atoms with van der Waals surface area (Å²) in [4.78, 5) is 0. The maximum absolute atomic E-state index is 6.12. The van der Waals surface area contributed by atoms with E-state index in [1.165, 1.54) is 16.7 Å². The Hall–Kier alpha value is -2.00. The van der Waals surface area contributed by atoms with Gasteiger partial charge in [-0.15, -0.1) is 0 Å². The van der Waals surface area contributed by atoms with Gasteiger partial charge >= 0.3 is 168 Å². The molecule has 138 valence electrons. The molecule has 0 N–H and O–H groups in total. The predicted octanol–water partition coefficient (Wildman–Crippen LogP) is 5.87. The molecule has 0 aliphatic carbocycles. The van der Waals surface area contributed by atoms with Crippen molar-refractivity contribution in [1.82, 2.24) is 0 Å². The third kappa shape index (κ3) is 5.49. The van der Waals surface area contributed by atoms with Crippen molar-refractivity contribution >= 4 is 18.4 Å². The Morgan fingerprint density at radius 3 is 1.30 bits per heavy atom. The second-order valence-electron chi connectivity index (χ2n) is 7.12. The first-order valence-corrected chi connectivity index (χ1v) is 17.1. The predicted molar refractivity (Wildman–Crippen MR) is 117 cm³/mol. The summed E-state index contributed by atoms with van der Waals surface area (Å²) in [6.07, 6.45) is 0. The summed E-state index contributed by atoms with van der Waals surface area (Å²) in [6, 6.07) is 32.6. The van der Waals surface area contributed by atoms with E-state index < -0.39 is 18.4 Å². The molecule has 0 radical (unpaired) electrons. The maximum atomic E-state index is 6.12. The molecule has 0 aliphatic rings. The summed E-state index contributed by atoms with van der Waals surface area (Å²) in [5.74, 6) is 0. The molecule has 0 atom stereocenters. The number of rotatable bonds is 9. The van der Waals surface area contributed by atoms with Gasteiger partial charge in [-0.05, 0) is 0 Å². The van der Waals surface area contributed by atoms with Crippen LogP contribution in [0.3, 0.4) is 0 Å². The quantitative estimate of drug-likeness (QED) is 0.285. The van der Waals surface area contributed by atoms with Gasteiger partial charge in [-0.25, -0.2) is 0 Å². The second kappa shape index (κ2) is 9.80. The first kappa shape index (κ1) is 19.8. The zero-order valence-electron chi connectivity index (χ0n) is 16.1. The summed E-state index contributed by atoms with van der Waals surface area (Å²) in [6.45, 7) is 7.23. The van der Waals surface area contributed by atoms with Crippen LogP contribution in [0.2, 0.25) is 0 Å². The van der Waals surface area contributed by atoms with Crippen LogP contribution in [0.1, 0.15) is 23.6 Å². The fraction of sp³-hybridized carbons (Fsp3) is 0.200. The van der Waals surface area contributed by atoms with E-state index in [9.17, 15) is 0 Å². The fourth-order valence-electron chi connectivity index (χ4n) is 3.77. The number of benzene rings is 3. The van der Waals surface area contributed by atoms with Gasteiger partial charge in [0.1, 0.15) is 0 Å². The van der Waals surface area contributed by atoms with Crippen molar-refractivity contribution in [2.24, 2.45) is 0 Å². The van der Waals surface area contributed by atoms with E-state index in [0.29, 0.717) is 6.61 Å². The van der Waals surface area contributed by atoms with Crippen LogP contribution in [0, 0.1) is 0 Å². The van der Waals surface area contributed by atoms with Gasteiger partial charge in [0.15, 0.2) is 0 Å². The van der Waals surface area contributed by atoms with Gasteiger partial charge in [0.05, 0.1) is 0 Å². The Kier molecular flexibility index (Phi) is 7.17. The van der Waals surface area contributed by atoms with Gasteiger partial charge in [-0.1, -0.05) is 0 Å². The molecule has 0 fully saturated rings. The summed E-state index contributed by atoms with van der Waals surface area (Å²) in [5, 5.41) is 0. The molecule has 0 aliphatic heterocycles. The topological polar surface area (TPSA) is 9.23 Å². The molecule has 3 aromatic rings. The SMILES string of the molecule is C=[C](OCC)[Sn]([CH2]c1ccccc1)([CH2]c1ccccc1)[CH2]c1ccccc1. The molecular formula is C25H28OSn. The summed E-state index contributed by atoms with van der Waals surface area (Å²) in [7, 11) is 0. The van der Waals surface area contributed by atoms with Crippen LogP contribution >= 0.6 is 0 Å². The van der Waals surface area contributed by atoms with Gasteiger partial charge < -0.3 is 0 Å². The van der Waals surface area contributed by atoms with Gasteiger partial charge in [0, 0.05) is 0 Å². The molecule has 0 amide bonds. The molecular weight excluding hydrogens is 435 g/mol. The summed E-state index contributed by atoms with van der Waals surface area (Å²) < 4.78 is 10.5. The van der Waals surface area contributed by atoms with Crippen LogP contribution in [0.5, 0.6) is 0 Å². The van der Waals surface area contributed by atoms with Crippen molar-refractivity contribution in [3.63, 3.8) is 0 Å². The van der Waals surface area contributed by atoms with Crippen LogP contribution < -0.4 is 0 Å². The van der Waals surface area contributed by atoms with E-state index in [2.05, 4.69) is 104 Å². The molecule has 0 saturated heterocycles. The second-order valence-corrected chi connectivity index (χ2v) is 19.1. The molecule has 0 bridgehead atoms. The molecule has 3 aromatic carbocycles. The van der Waals surface area contributed by atoms with E-state index in [0.717, 1.165) is 17.1 Å². The van der Waals surface area contributed by atoms with E-state index >= 15 is 0 Å². The molecule has 27 heavy (non-hydrogen) atoms. The average Bonchev–Trinajstić information content (AvgIpc) is 2.70. The van der Waals surface area contributed by atoms with Crippen molar-refractivity contribution in [3.8, 4) is 0 Å². The minimum absolute atomic E-state index is 0.690. The van der Waals surface area contributed by atoms with Crippen molar-refractivity contribution in [2.75, 3.05) is 6.61 Å².